The SMILES string of the molecule is CC(C)CC(NC(=O)O)C(=O)NC(CCc1ccccc1)C(O)c1nc(C(=O)NC(C)C)co1. The van der Waals surface area contributed by atoms with E-state index in [1.54, 1.807) is 0 Å². The number of hydrogen-bond acceptors (Lipinski definition) is 6. The summed E-state index contributed by atoms with van der Waals surface area (Å²) in [6.07, 6.45) is -0.355. The zero-order valence-corrected chi connectivity index (χ0v) is 19.9. The van der Waals surface area contributed by atoms with Crippen molar-refractivity contribution in [1.29, 1.82) is 0 Å². The molecule has 0 saturated carbocycles. The molecular formula is C24H34N4O6. The first kappa shape index (κ1) is 26.8. The van der Waals surface area contributed by atoms with Crippen molar-refractivity contribution in [2.24, 2.45) is 5.92 Å². The van der Waals surface area contributed by atoms with Gasteiger partial charge in [-0.25, -0.2) is 9.78 Å². The Bertz CT molecular complexity index is 944. The number of oxazole rings is 1. The number of amides is 3. The number of hydrogen-bond donors (Lipinski definition) is 5. The molecule has 0 fully saturated rings. The van der Waals surface area contributed by atoms with Crippen molar-refractivity contribution in [3.63, 3.8) is 0 Å². The quantitative estimate of drug-likeness (QED) is 0.317. The van der Waals surface area contributed by atoms with Gasteiger partial charge in [0.25, 0.3) is 5.91 Å². The van der Waals surface area contributed by atoms with Gasteiger partial charge in [0.15, 0.2) is 11.8 Å². The van der Waals surface area contributed by atoms with E-state index >= 15 is 0 Å². The van der Waals surface area contributed by atoms with E-state index < -0.39 is 36.1 Å². The lowest BCUT2D eigenvalue weighted by Gasteiger charge is -2.26. The smallest absolute Gasteiger partial charge is 0.405 e. The van der Waals surface area contributed by atoms with Gasteiger partial charge in [0, 0.05) is 6.04 Å². The van der Waals surface area contributed by atoms with Crippen molar-refractivity contribution in [2.45, 2.75) is 71.2 Å². The van der Waals surface area contributed by atoms with Crippen LogP contribution in [0.15, 0.2) is 41.0 Å². The number of aryl methyl sites for hydroxylation is 1. The summed E-state index contributed by atoms with van der Waals surface area (Å²) in [4.78, 5) is 40.4. The molecule has 0 saturated heterocycles. The average Bonchev–Trinajstić information content (AvgIpc) is 3.25. The summed E-state index contributed by atoms with van der Waals surface area (Å²) in [5.41, 5.74) is 1.02. The fourth-order valence-electron chi connectivity index (χ4n) is 3.45. The number of benzene rings is 1. The van der Waals surface area contributed by atoms with Gasteiger partial charge in [0.2, 0.25) is 11.8 Å². The summed E-state index contributed by atoms with van der Waals surface area (Å²) in [7, 11) is 0. The number of rotatable bonds is 12. The van der Waals surface area contributed by atoms with Crippen molar-refractivity contribution in [1.82, 2.24) is 20.9 Å². The Hall–Kier alpha value is -3.40. The highest BCUT2D eigenvalue weighted by molar-refractivity contribution is 5.92. The Morgan fingerprint density at radius 2 is 1.71 bits per heavy atom. The first-order valence-corrected chi connectivity index (χ1v) is 11.3. The maximum Gasteiger partial charge on any atom is 0.405 e. The van der Waals surface area contributed by atoms with Gasteiger partial charge >= 0.3 is 6.09 Å². The summed E-state index contributed by atoms with van der Waals surface area (Å²) < 4.78 is 5.35. The van der Waals surface area contributed by atoms with E-state index in [1.165, 1.54) is 0 Å². The predicted molar refractivity (Wildman–Crippen MR) is 125 cm³/mol. The molecule has 3 amide bonds. The van der Waals surface area contributed by atoms with Crippen LogP contribution in [0.5, 0.6) is 0 Å². The van der Waals surface area contributed by atoms with E-state index in [0.29, 0.717) is 12.8 Å². The van der Waals surface area contributed by atoms with Crippen molar-refractivity contribution in [3.8, 4) is 0 Å². The molecule has 186 valence electrons. The fourth-order valence-corrected chi connectivity index (χ4v) is 3.45. The monoisotopic (exact) mass is 474 g/mol. The molecule has 2 aromatic rings. The highest BCUT2D eigenvalue weighted by Crippen LogP contribution is 2.21. The number of carboxylic acid groups (broad SMARTS) is 1. The molecule has 0 aliphatic rings. The van der Waals surface area contributed by atoms with Crippen LogP contribution in [0.4, 0.5) is 4.79 Å². The minimum absolute atomic E-state index is 0.0149. The van der Waals surface area contributed by atoms with Crippen LogP contribution in [-0.2, 0) is 11.2 Å². The van der Waals surface area contributed by atoms with E-state index in [4.69, 9.17) is 9.52 Å². The molecule has 10 heteroatoms. The van der Waals surface area contributed by atoms with E-state index in [2.05, 4.69) is 20.9 Å². The highest BCUT2D eigenvalue weighted by Gasteiger charge is 2.31. The maximum absolute atomic E-state index is 12.9. The Labute approximate surface area is 199 Å². The topological polar surface area (TPSA) is 154 Å². The minimum atomic E-state index is -1.35. The lowest BCUT2D eigenvalue weighted by molar-refractivity contribution is -0.125. The van der Waals surface area contributed by atoms with E-state index in [9.17, 15) is 19.5 Å². The van der Waals surface area contributed by atoms with Gasteiger partial charge in [0.1, 0.15) is 12.3 Å². The second kappa shape index (κ2) is 12.7. The van der Waals surface area contributed by atoms with Crippen LogP contribution in [0.2, 0.25) is 0 Å². The molecule has 0 spiro atoms. The standard InChI is InChI=1S/C24H34N4O6/c1-14(2)12-18(28-24(32)33)21(30)26-17(11-10-16-8-6-5-7-9-16)20(29)23-27-19(13-34-23)22(31)25-15(3)4/h5-9,13-15,17-18,20,28-29H,10-12H2,1-4H3,(H,25,31)(H,26,30)(H,32,33). The van der Waals surface area contributed by atoms with E-state index in [1.807, 2.05) is 58.0 Å². The molecule has 1 aromatic carbocycles. The molecule has 0 aliphatic heterocycles. The van der Waals surface area contributed by atoms with Crippen molar-refractivity contribution in [2.75, 3.05) is 0 Å². The second-order valence-corrected chi connectivity index (χ2v) is 8.91. The summed E-state index contributed by atoms with van der Waals surface area (Å²) >= 11 is 0. The fraction of sp³-hybridized carbons (Fsp3) is 0.500. The van der Waals surface area contributed by atoms with Crippen molar-refractivity contribution < 1.29 is 29.0 Å². The number of carbonyl (C=O) groups is 3. The Kier molecular flexibility index (Phi) is 10.1. The minimum Gasteiger partial charge on any atom is -0.465 e. The third-order valence-corrected chi connectivity index (χ3v) is 5.04. The number of aromatic nitrogens is 1. The van der Waals surface area contributed by atoms with Crippen LogP contribution in [-0.4, -0.2) is 51.2 Å². The molecule has 3 atom stereocenters. The van der Waals surface area contributed by atoms with Crippen molar-refractivity contribution in [3.05, 3.63) is 53.7 Å². The molecule has 5 N–H and O–H groups in total. The van der Waals surface area contributed by atoms with Gasteiger partial charge in [-0.15, -0.1) is 0 Å². The first-order chi connectivity index (χ1) is 16.1. The molecule has 0 aliphatic carbocycles. The Morgan fingerprint density at radius 1 is 1.03 bits per heavy atom. The second-order valence-electron chi connectivity index (χ2n) is 8.91. The lowest BCUT2D eigenvalue weighted by atomic mass is 9.99. The molecule has 0 bridgehead atoms. The molecule has 1 heterocycles. The Balaban J connectivity index is 2.22. The molecule has 2 rings (SSSR count). The normalized spacial score (nSPS) is 13.9. The van der Waals surface area contributed by atoms with Crippen LogP contribution < -0.4 is 16.0 Å². The number of nitrogens with zero attached hydrogens (tertiary/aromatic N) is 1. The molecule has 1 aromatic heterocycles. The van der Waals surface area contributed by atoms with Gasteiger partial charge in [-0.1, -0.05) is 44.2 Å². The first-order valence-electron chi connectivity index (χ1n) is 11.3. The maximum atomic E-state index is 12.9. The average molecular weight is 475 g/mol. The van der Waals surface area contributed by atoms with Crippen LogP contribution in [0, 0.1) is 5.92 Å². The third kappa shape index (κ3) is 8.51. The molecule has 3 unspecified atom stereocenters. The van der Waals surface area contributed by atoms with Crippen LogP contribution in [0.1, 0.15) is 68.6 Å². The summed E-state index contributed by atoms with van der Waals surface area (Å²) in [5, 5.41) is 27.8. The third-order valence-electron chi connectivity index (χ3n) is 5.04. The van der Waals surface area contributed by atoms with Crippen LogP contribution >= 0.6 is 0 Å². The van der Waals surface area contributed by atoms with Gasteiger partial charge in [0.05, 0.1) is 6.04 Å². The van der Waals surface area contributed by atoms with Crippen LogP contribution in [0.3, 0.4) is 0 Å². The number of aliphatic hydroxyl groups is 1. The highest BCUT2D eigenvalue weighted by atomic mass is 16.4. The summed E-state index contributed by atoms with van der Waals surface area (Å²) in [6, 6.07) is 7.61. The van der Waals surface area contributed by atoms with Gasteiger partial charge in [-0.3, -0.25) is 9.59 Å². The largest absolute Gasteiger partial charge is 0.465 e. The van der Waals surface area contributed by atoms with Crippen LogP contribution in [0.25, 0.3) is 0 Å². The van der Waals surface area contributed by atoms with Gasteiger partial charge in [-0.2, -0.15) is 0 Å². The molecular weight excluding hydrogens is 440 g/mol. The van der Waals surface area contributed by atoms with E-state index in [-0.39, 0.29) is 30.0 Å². The molecule has 34 heavy (non-hydrogen) atoms. The molecule has 10 nitrogen and oxygen atoms in total. The number of nitrogens with one attached hydrogen (secondary N) is 3. The number of carbonyl (C=O) groups excluding carboxylic acids is 2. The predicted octanol–water partition coefficient (Wildman–Crippen LogP) is 2.65. The number of aliphatic hydroxyl groups excluding tert-OH is 1. The zero-order chi connectivity index (χ0) is 25.3. The zero-order valence-electron chi connectivity index (χ0n) is 19.9. The van der Waals surface area contributed by atoms with Gasteiger partial charge < -0.3 is 30.6 Å². The van der Waals surface area contributed by atoms with E-state index in [0.717, 1.165) is 11.8 Å². The van der Waals surface area contributed by atoms with Crippen molar-refractivity contribution >= 4 is 17.9 Å². The Morgan fingerprint density at radius 3 is 2.29 bits per heavy atom. The summed E-state index contributed by atoms with van der Waals surface area (Å²) in [5.74, 6) is -1.05. The summed E-state index contributed by atoms with van der Waals surface area (Å²) in [6.45, 7) is 7.37. The lowest BCUT2D eigenvalue weighted by Crippen LogP contribution is -2.51. The van der Waals surface area contributed by atoms with Gasteiger partial charge in [-0.05, 0) is 44.6 Å². The molecule has 0 radical (unpaired) electrons.